The molecule has 1 atom stereocenters. The lowest BCUT2D eigenvalue weighted by atomic mass is 10.1. The first kappa shape index (κ1) is 14.2. The fourth-order valence-electron chi connectivity index (χ4n) is 2.30. The van der Waals surface area contributed by atoms with Crippen molar-refractivity contribution in [3.63, 3.8) is 0 Å². The molecule has 3 rings (SSSR count). The van der Waals surface area contributed by atoms with Crippen molar-refractivity contribution in [2.45, 2.75) is 12.6 Å². The first-order valence-corrected chi connectivity index (χ1v) is 6.85. The fourth-order valence-corrected chi connectivity index (χ4v) is 2.30. The van der Waals surface area contributed by atoms with E-state index in [1.807, 2.05) is 22.9 Å². The van der Waals surface area contributed by atoms with E-state index in [4.69, 9.17) is 4.74 Å². The van der Waals surface area contributed by atoms with Crippen LogP contribution in [0.4, 0.5) is 0 Å². The zero-order valence-corrected chi connectivity index (χ0v) is 12.1. The van der Waals surface area contributed by atoms with E-state index in [1.165, 1.54) is 0 Å². The average molecular weight is 296 g/mol. The van der Waals surface area contributed by atoms with Crippen molar-refractivity contribution in [3.05, 3.63) is 72.3 Å². The summed E-state index contributed by atoms with van der Waals surface area (Å²) in [5.41, 5.74) is 1.62. The summed E-state index contributed by atoms with van der Waals surface area (Å²) >= 11 is 0. The van der Waals surface area contributed by atoms with Gasteiger partial charge in [-0.05, 0) is 12.1 Å². The van der Waals surface area contributed by atoms with Crippen molar-refractivity contribution in [1.82, 2.24) is 19.5 Å². The van der Waals surface area contributed by atoms with Crippen LogP contribution in [-0.4, -0.2) is 31.7 Å². The molecule has 0 bridgehead atoms. The van der Waals surface area contributed by atoms with Gasteiger partial charge in [-0.25, -0.2) is 4.98 Å². The van der Waals surface area contributed by atoms with Gasteiger partial charge < -0.3 is 14.4 Å². The van der Waals surface area contributed by atoms with Gasteiger partial charge in [0.05, 0.1) is 13.7 Å². The summed E-state index contributed by atoms with van der Waals surface area (Å²) < 4.78 is 7.21. The van der Waals surface area contributed by atoms with Crippen LogP contribution < -0.4 is 4.74 Å². The van der Waals surface area contributed by atoms with E-state index in [-0.39, 0.29) is 0 Å². The topological polar surface area (TPSA) is 73.1 Å². The van der Waals surface area contributed by atoms with Gasteiger partial charge in [0.15, 0.2) is 0 Å². The maximum Gasteiger partial charge on any atom is 0.142 e. The molecule has 6 heteroatoms. The second-order valence-corrected chi connectivity index (χ2v) is 4.79. The minimum absolute atomic E-state index is 0.518. The summed E-state index contributed by atoms with van der Waals surface area (Å²) in [6, 6.07) is 5.42. The lowest BCUT2D eigenvalue weighted by Crippen LogP contribution is -2.11. The van der Waals surface area contributed by atoms with Gasteiger partial charge in [0, 0.05) is 48.3 Å². The molecule has 22 heavy (non-hydrogen) atoms. The van der Waals surface area contributed by atoms with Crippen LogP contribution in [-0.2, 0) is 6.54 Å². The minimum atomic E-state index is -0.827. The standard InChI is InChI=1S/C16H16N4O2/c1-22-14-4-6-18-10-13(14)11-20-8-7-19-16(20)15(21)12-3-2-5-17-9-12/h2-10,15,21H,11H2,1H3. The number of aliphatic hydroxyl groups is 1. The van der Waals surface area contributed by atoms with Crippen molar-refractivity contribution >= 4 is 0 Å². The second-order valence-electron chi connectivity index (χ2n) is 4.79. The van der Waals surface area contributed by atoms with E-state index in [0.29, 0.717) is 17.9 Å². The van der Waals surface area contributed by atoms with Gasteiger partial charge in [-0.15, -0.1) is 0 Å². The third-order valence-electron chi connectivity index (χ3n) is 3.41. The number of pyridine rings is 2. The highest BCUT2D eigenvalue weighted by Gasteiger charge is 2.17. The van der Waals surface area contributed by atoms with Gasteiger partial charge in [-0.3, -0.25) is 9.97 Å². The number of aromatic nitrogens is 4. The summed E-state index contributed by atoms with van der Waals surface area (Å²) in [4.78, 5) is 12.4. The van der Waals surface area contributed by atoms with Crippen LogP contribution >= 0.6 is 0 Å². The predicted octanol–water partition coefficient (Wildman–Crippen LogP) is 1.81. The Balaban J connectivity index is 1.89. The summed E-state index contributed by atoms with van der Waals surface area (Å²) in [6.07, 6.45) is 9.39. The van der Waals surface area contributed by atoms with Crippen molar-refractivity contribution in [2.75, 3.05) is 7.11 Å². The SMILES string of the molecule is COc1ccncc1Cn1ccnc1C(O)c1cccnc1. The molecule has 0 aliphatic heterocycles. The molecule has 0 amide bonds. The maximum absolute atomic E-state index is 10.5. The van der Waals surface area contributed by atoms with E-state index in [2.05, 4.69) is 15.0 Å². The summed E-state index contributed by atoms with van der Waals surface area (Å²) in [7, 11) is 1.62. The Labute approximate surface area is 128 Å². The van der Waals surface area contributed by atoms with E-state index in [1.54, 1.807) is 44.2 Å². The number of hydrogen-bond donors (Lipinski definition) is 1. The molecule has 1 unspecified atom stereocenters. The molecule has 0 aromatic carbocycles. The lowest BCUT2D eigenvalue weighted by molar-refractivity contribution is 0.204. The van der Waals surface area contributed by atoms with E-state index < -0.39 is 6.10 Å². The number of aliphatic hydroxyl groups excluding tert-OH is 1. The maximum atomic E-state index is 10.5. The molecule has 6 nitrogen and oxygen atoms in total. The third kappa shape index (κ3) is 2.82. The Bertz CT molecular complexity index is 743. The van der Waals surface area contributed by atoms with Gasteiger partial charge in [0.25, 0.3) is 0 Å². The average Bonchev–Trinajstić information content (AvgIpc) is 3.03. The Kier molecular flexibility index (Phi) is 4.11. The summed E-state index contributed by atoms with van der Waals surface area (Å²) in [6.45, 7) is 0.518. The largest absolute Gasteiger partial charge is 0.496 e. The molecular formula is C16H16N4O2. The second kappa shape index (κ2) is 6.36. The molecule has 0 aliphatic carbocycles. The highest BCUT2D eigenvalue weighted by atomic mass is 16.5. The van der Waals surface area contributed by atoms with Crippen LogP contribution in [0.1, 0.15) is 23.1 Å². The Morgan fingerprint density at radius 2 is 2.05 bits per heavy atom. The van der Waals surface area contributed by atoms with Crippen molar-refractivity contribution < 1.29 is 9.84 Å². The number of methoxy groups -OCH3 is 1. The van der Waals surface area contributed by atoms with Gasteiger partial charge in [-0.2, -0.15) is 0 Å². The number of rotatable bonds is 5. The van der Waals surface area contributed by atoms with Gasteiger partial charge in [0.2, 0.25) is 0 Å². The van der Waals surface area contributed by atoms with E-state index in [9.17, 15) is 5.11 Å². The van der Waals surface area contributed by atoms with Crippen LogP contribution in [0, 0.1) is 0 Å². The zero-order chi connectivity index (χ0) is 15.4. The molecule has 112 valence electrons. The smallest absolute Gasteiger partial charge is 0.142 e. The van der Waals surface area contributed by atoms with E-state index >= 15 is 0 Å². The molecule has 3 aromatic heterocycles. The number of ether oxygens (including phenoxy) is 1. The van der Waals surface area contributed by atoms with Crippen LogP contribution in [0.15, 0.2) is 55.4 Å². The third-order valence-corrected chi connectivity index (χ3v) is 3.41. The lowest BCUT2D eigenvalue weighted by Gasteiger charge is -2.14. The Morgan fingerprint density at radius 1 is 1.18 bits per heavy atom. The first-order valence-electron chi connectivity index (χ1n) is 6.85. The summed E-state index contributed by atoms with van der Waals surface area (Å²) in [5.74, 6) is 1.31. The molecule has 3 aromatic rings. The first-order chi connectivity index (χ1) is 10.8. The van der Waals surface area contributed by atoms with Crippen LogP contribution in [0.25, 0.3) is 0 Å². The molecule has 0 fully saturated rings. The van der Waals surface area contributed by atoms with Gasteiger partial charge in [-0.1, -0.05) is 6.07 Å². The van der Waals surface area contributed by atoms with Crippen LogP contribution in [0.3, 0.4) is 0 Å². The molecule has 0 spiro atoms. The number of nitrogens with zero attached hydrogens (tertiary/aromatic N) is 4. The number of imidazole rings is 1. The van der Waals surface area contributed by atoms with Crippen molar-refractivity contribution in [3.8, 4) is 5.75 Å². The predicted molar refractivity (Wildman–Crippen MR) is 80.4 cm³/mol. The highest BCUT2D eigenvalue weighted by Crippen LogP contribution is 2.22. The Morgan fingerprint density at radius 3 is 2.82 bits per heavy atom. The Hall–Kier alpha value is -2.73. The zero-order valence-electron chi connectivity index (χ0n) is 12.1. The normalized spacial score (nSPS) is 12.1. The number of hydrogen-bond acceptors (Lipinski definition) is 5. The van der Waals surface area contributed by atoms with E-state index in [0.717, 1.165) is 11.3 Å². The molecule has 1 N–H and O–H groups in total. The highest BCUT2D eigenvalue weighted by molar-refractivity contribution is 5.31. The molecular weight excluding hydrogens is 280 g/mol. The minimum Gasteiger partial charge on any atom is -0.496 e. The van der Waals surface area contributed by atoms with Crippen LogP contribution in [0.5, 0.6) is 5.75 Å². The quantitative estimate of drug-likeness (QED) is 0.777. The molecule has 0 radical (unpaired) electrons. The molecule has 3 heterocycles. The van der Waals surface area contributed by atoms with Gasteiger partial charge in [0.1, 0.15) is 17.7 Å². The monoisotopic (exact) mass is 296 g/mol. The van der Waals surface area contributed by atoms with Crippen molar-refractivity contribution in [2.24, 2.45) is 0 Å². The van der Waals surface area contributed by atoms with Crippen molar-refractivity contribution in [1.29, 1.82) is 0 Å². The summed E-state index contributed by atoms with van der Waals surface area (Å²) in [5, 5.41) is 10.5. The molecule has 0 aliphatic rings. The molecule has 0 saturated heterocycles. The molecule has 0 saturated carbocycles. The fraction of sp³-hybridized carbons (Fsp3) is 0.188. The van der Waals surface area contributed by atoms with Crippen LogP contribution in [0.2, 0.25) is 0 Å². The van der Waals surface area contributed by atoms with Gasteiger partial charge >= 0.3 is 0 Å².